The fourth-order valence-corrected chi connectivity index (χ4v) is 3.63. The van der Waals surface area contributed by atoms with Crippen molar-refractivity contribution in [2.45, 2.75) is 31.2 Å². The summed E-state index contributed by atoms with van der Waals surface area (Å²) in [6.07, 6.45) is 7.14. The van der Waals surface area contributed by atoms with Crippen molar-refractivity contribution in [3.05, 3.63) is 59.7 Å². The summed E-state index contributed by atoms with van der Waals surface area (Å²) in [5.41, 5.74) is 4.91. The fraction of sp³-hybridized carbons (Fsp3) is 0.294. The van der Waals surface area contributed by atoms with Gasteiger partial charge in [-0.2, -0.15) is 0 Å². The lowest BCUT2D eigenvalue weighted by Crippen LogP contribution is -2.18. The van der Waals surface area contributed by atoms with Crippen LogP contribution < -0.4 is 0 Å². The molecule has 2 aromatic heterocycles. The van der Waals surface area contributed by atoms with Crippen LogP contribution in [0, 0.1) is 0 Å². The summed E-state index contributed by atoms with van der Waals surface area (Å²) in [5.74, 6) is 1.36. The molecule has 0 fully saturated rings. The maximum absolute atomic E-state index is 6.15. The third-order valence-corrected chi connectivity index (χ3v) is 4.57. The molecule has 0 amide bonds. The Morgan fingerprint density at radius 3 is 3.05 bits per heavy atom. The molecule has 0 aliphatic heterocycles. The van der Waals surface area contributed by atoms with Gasteiger partial charge in [0, 0.05) is 6.20 Å². The molecule has 1 aromatic carbocycles. The topological polar surface area (TPSA) is 30.7 Å². The van der Waals surface area contributed by atoms with Crippen LogP contribution in [0.5, 0.6) is 0 Å². The highest BCUT2D eigenvalue weighted by molar-refractivity contribution is 6.16. The molecule has 1 atom stereocenters. The van der Waals surface area contributed by atoms with Crippen molar-refractivity contribution < 1.29 is 0 Å². The minimum Gasteiger partial charge on any atom is -0.319 e. The number of pyridine rings is 1. The lowest BCUT2D eigenvalue weighted by atomic mass is 9.87. The first-order valence-electron chi connectivity index (χ1n) is 7.33. The third-order valence-electron chi connectivity index (χ3n) is 4.33. The maximum Gasteiger partial charge on any atom is 0.125 e. The van der Waals surface area contributed by atoms with E-state index >= 15 is 0 Å². The first-order chi connectivity index (χ1) is 10.4. The molecule has 4 heteroatoms. The summed E-state index contributed by atoms with van der Waals surface area (Å²) in [7, 11) is 0. The van der Waals surface area contributed by atoms with E-state index in [0.717, 1.165) is 29.7 Å². The van der Waals surface area contributed by atoms with Gasteiger partial charge in [-0.05, 0) is 36.5 Å². The van der Waals surface area contributed by atoms with Gasteiger partial charge in [0.25, 0.3) is 0 Å². The molecule has 106 valence electrons. The first-order valence-corrected chi connectivity index (χ1v) is 7.86. The van der Waals surface area contributed by atoms with Crippen LogP contribution in [0.25, 0.3) is 11.0 Å². The molecular formula is C17H16ClN3. The van der Waals surface area contributed by atoms with Gasteiger partial charge in [0.1, 0.15) is 11.3 Å². The van der Waals surface area contributed by atoms with Gasteiger partial charge in [-0.3, -0.25) is 4.98 Å². The number of nitrogens with zero attached hydrogens (tertiary/aromatic N) is 3. The summed E-state index contributed by atoms with van der Waals surface area (Å²) < 4.78 is 2.31. The van der Waals surface area contributed by atoms with Gasteiger partial charge in [-0.15, -0.1) is 11.6 Å². The van der Waals surface area contributed by atoms with Gasteiger partial charge >= 0.3 is 0 Å². The third kappa shape index (κ3) is 2.04. The van der Waals surface area contributed by atoms with E-state index in [0.29, 0.717) is 11.9 Å². The number of imidazole rings is 1. The lowest BCUT2D eigenvalue weighted by Gasteiger charge is -2.28. The number of fused-ring (bicyclic) bond motifs is 2. The van der Waals surface area contributed by atoms with Gasteiger partial charge < -0.3 is 4.57 Å². The Morgan fingerprint density at radius 1 is 1.24 bits per heavy atom. The van der Waals surface area contributed by atoms with E-state index in [1.165, 1.54) is 17.5 Å². The highest BCUT2D eigenvalue weighted by Crippen LogP contribution is 2.36. The highest BCUT2D eigenvalue weighted by atomic mass is 35.5. The van der Waals surface area contributed by atoms with E-state index in [4.69, 9.17) is 11.6 Å². The van der Waals surface area contributed by atoms with Crippen LogP contribution in [0.2, 0.25) is 0 Å². The van der Waals surface area contributed by atoms with Crippen molar-refractivity contribution in [2.24, 2.45) is 0 Å². The largest absolute Gasteiger partial charge is 0.319 e. The molecule has 0 saturated carbocycles. The molecule has 0 bridgehead atoms. The van der Waals surface area contributed by atoms with E-state index in [1.54, 1.807) is 0 Å². The summed E-state index contributed by atoms with van der Waals surface area (Å²) in [5, 5.41) is 0. The monoisotopic (exact) mass is 297 g/mol. The SMILES string of the molecule is ClCc1nc2cnccc2n1C1CCCc2ccccc21. The van der Waals surface area contributed by atoms with Gasteiger partial charge in [0.05, 0.1) is 23.6 Å². The minimum absolute atomic E-state index is 0.330. The molecule has 0 saturated heterocycles. The molecule has 21 heavy (non-hydrogen) atoms. The predicted molar refractivity (Wildman–Crippen MR) is 84.6 cm³/mol. The van der Waals surface area contributed by atoms with Crippen LogP contribution in [-0.2, 0) is 12.3 Å². The molecule has 1 unspecified atom stereocenters. The number of halogens is 1. The van der Waals surface area contributed by atoms with Crippen molar-refractivity contribution >= 4 is 22.6 Å². The Hall–Kier alpha value is -1.87. The molecule has 0 spiro atoms. The maximum atomic E-state index is 6.15. The van der Waals surface area contributed by atoms with E-state index in [-0.39, 0.29) is 0 Å². The Labute approximate surface area is 128 Å². The standard InChI is InChI=1S/C17H16ClN3/c18-10-17-20-14-11-19-9-8-16(14)21(17)15-7-3-5-12-4-1-2-6-13(12)15/h1-2,4,6,8-9,11,15H,3,5,7,10H2. The van der Waals surface area contributed by atoms with Crippen LogP contribution in [0.15, 0.2) is 42.7 Å². The summed E-state index contributed by atoms with van der Waals surface area (Å²) in [6, 6.07) is 11.1. The van der Waals surface area contributed by atoms with Crippen molar-refractivity contribution in [1.29, 1.82) is 0 Å². The first kappa shape index (κ1) is 12.8. The molecule has 0 radical (unpaired) electrons. The zero-order chi connectivity index (χ0) is 14.2. The normalized spacial score (nSPS) is 17.9. The van der Waals surface area contributed by atoms with Gasteiger partial charge in [0.2, 0.25) is 0 Å². The smallest absolute Gasteiger partial charge is 0.125 e. The van der Waals surface area contributed by atoms with Crippen molar-refractivity contribution in [3.63, 3.8) is 0 Å². The fourth-order valence-electron chi connectivity index (χ4n) is 3.44. The van der Waals surface area contributed by atoms with Crippen molar-refractivity contribution in [2.75, 3.05) is 0 Å². The lowest BCUT2D eigenvalue weighted by molar-refractivity contribution is 0.490. The number of benzene rings is 1. The Bertz CT molecular complexity index is 794. The number of hydrogen-bond donors (Lipinski definition) is 0. The quantitative estimate of drug-likeness (QED) is 0.667. The van der Waals surface area contributed by atoms with E-state index in [1.807, 2.05) is 18.5 Å². The van der Waals surface area contributed by atoms with Crippen LogP contribution in [-0.4, -0.2) is 14.5 Å². The van der Waals surface area contributed by atoms with Crippen molar-refractivity contribution in [3.8, 4) is 0 Å². The number of aryl methyl sites for hydroxylation is 1. The number of hydrogen-bond acceptors (Lipinski definition) is 2. The van der Waals surface area contributed by atoms with Crippen LogP contribution >= 0.6 is 11.6 Å². The molecular weight excluding hydrogens is 282 g/mol. The summed E-state index contributed by atoms with van der Waals surface area (Å²) in [4.78, 5) is 8.82. The van der Waals surface area contributed by atoms with E-state index in [9.17, 15) is 0 Å². The number of alkyl halides is 1. The zero-order valence-electron chi connectivity index (χ0n) is 11.7. The Morgan fingerprint density at radius 2 is 2.14 bits per heavy atom. The second-order valence-electron chi connectivity index (χ2n) is 5.50. The number of rotatable bonds is 2. The molecule has 0 N–H and O–H groups in total. The Balaban J connectivity index is 1.95. The molecule has 1 aliphatic rings. The molecule has 2 heterocycles. The van der Waals surface area contributed by atoms with Gasteiger partial charge in [0.15, 0.2) is 0 Å². The van der Waals surface area contributed by atoms with Crippen LogP contribution in [0.4, 0.5) is 0 Å². The van der Waals surface area contributed by atoms with Crippen molar-refractivity contribution in [1.82, 2.24) is 14.5 Å². The minimum atomic E-state index is 0.330. The second-order valence-corrected chi connectivity index (χ2v) is 5.77. The van der Waals surface area contributed by atoms with Crippen LogP contribution in [0.1, 0.15) is 35.8 Å². The Kier molecular flexibility index (Phi) is 3.15. The molecule has 3 nitrogen and oxygen atoms in total. The van der Waals surface area contributed by atoms with Crippen LogP contribution in [0.3, 0.4) is 0 Å². The average Bonchev–Trinajstić information content (AvgIpc) is 2.92. The predicted octanol–water partition coefficient (Wildman–Crippen LogP) is 4.10. The van der Waals surface area contributed by atoms with E-state index in [2.05, 4.69) is 38.8 Å². The molecule has 3 aromatic rings. The average molecular weight is 298 g/mol. The second kappa shape index (κ2) is 5.15. The molecule has 4 rings (SSSR count). The van der Waals surface area contributed by atoms with Gasteiger partial charge in [-0.25, -0.2) is 4.98 Å². The van der Waals surface area contributed by atoms with E-state index < -0.39 is 0 Å². The van der Waals surface area contributed by atoms with Gasteiger partial charge in [-0.1, -0.05) is 24.3 Å². The molecule has 1 aliphatic carbocycles. The summed E-state index contributed by atoms with van der Waals surface area (Å²) >= 11 is 6.15. The number of aromatic nitrogens is 3. The highest BCUT2D eigenvalue weighted by Gasteiger charge is 2.25. The zero-order valence-corrected chi connectivity index (χ0v) is 12.4. The summed E-state index contributed by atoms with van der Waals surface area (Å²) in [6.45, 7) is 0.